The minimum Gasteiger partial charge on any atom is -0.369 e. The Hall–Kier alpha value is -1.79. The predicted octanol–water partition coefficient (Wildman–Crippen LogP) is 1.39. The third-order valence-corrected chi connectivity index (χ3v) is 3.42. The molecule has 0 aromatic carbocycles. The molecule has 0 amide bonds. The maximum Gasteiger partial charge on any atom is 0.125 e. The summed E-state index contributed by atoms with van der Waals surface area (Å²) < 4.78 is 5.87. The second kappa shape index (κ2) is 5.68. The predicted molar refractivity (Wildman–Crippen MR) is 74.1 cm³/mol. The van der Waals surface area contributed by atoms with Gasteiger partial charge >= 0.3 is 0 Å². The summed E-state index contributed by atoms with van der Waals surface area (Å²) in [5.41, 5.74) is 3.09. The van der Waals surface area contributed by atoms with Crippen molar-refractivity contribution < 1.29 is 4.74 Å². The molecule has 0 unspecified atom stereocenters. The van der Waals surface area contributed by atoms with Crippen LogP contribution in [-0.4, -0.2) is 44.5 Å². The minimum absolute atomic E-state index is 0.0204. The van der Waals surface area contributed by atoms with Crippen LogP contribution in [0.15, 0.2) is 18.6 Å². The first-order valence-corrected chi connectivity index (χ1v) is 6.84. The van der Waals surface area contributed by atoms with E-state index in [2.05, 4.69) is 24.8 Å². The lowest BCUT2D eigenvalue weighted by atomic mass is 10.1. The highest BCUT2D eigenvalue weighted by molar-refractivity contribution is 5.13. The van der Waals surface area contributed by atoms with Gasteiger partial charge in [-0.05, 0) is 19.9 Å². The van der Waals surface area contributed by atoms with Gasteiger partial charge in [0, 0.05) is 37.2 Å². The summed E-state index contributed by atoms with van der Waals surface area (Å²) in [6.07, 6.45) is 3.60. The molecular formula is C14H19N5O. The summed E-state index contributed by atoms with van der Waals surface area (Å²) >= 11 is 0. The Balaban J connectivity index is 1.71. The van der Waals surface area contributed by atoms with Gasteiger partial charge in [-0.2, -0.15) is 0 Å². The van der Waals surface area contributed by atoms with E-state index in [-0.39, 0.29) is 6.10 Å². The normalized spacial score (nSPS) is 20.2. The van der Waals surface area contributed by atoms with E-state index in [1.807, 2.05) is 26.1 Å². The van der Waals surface area contributed by atoms with Crippen LogP contribution >= 0.6 is 0 Å². The standard InChI is InChI=1S/C14H19N5O/c1-10-5-13(18-11(2)17-10)14-8-19(3-4-20-14)7-12-6-15-9-16-12/h5-6,9,14H,3-4,7-8H2,1-2H3,(H,15,16)/t14-/m0/s1. The van der Waals surface area contributed by atoms with Crippen molar-refractivity contribution in [3.8, 4) is 0 Å². The number of morpholine rings is 1. The molecule has 1 aliphatic heterocycles. The smallest absolute Gasteiger partial charge is 0.125 e. The van der Waals surface area contributed by atoms with Crippen molar-refractivity contribution in [2.24, 2.45) is 0 Å². The topological polar surface area (TPSA) is 66.9 Å². The lowest BCUT2D eigenvalue weighted by molar-refractivity contribution is -0.0354. The maximum atomic E-state index is 5.87. The van der Waals surface area contributed by atoms with Gasteiger partial charge in [0.05, 0.1) is 18.6 Å². The van der Waals surface area contributed by atoms with E-state index in [0.29, 0.717) is 0 Å². The first kappa shape index (κ1) is 13.2. The van der Waals surface area contributed by atoms with E-state index in [4.69, 9.17) is 4.74 Å². The Kier molecular flexibility index (Phi) is 3.75. The van der Waals surface area contributed by atoms with E-state index in [1.54, 1.807) is 6.33 Å². The zero-order chi connectivity index (χ0) is 13.9. The summed E-state index contributed by atoms with van der Waals surface area (Å²) in [6, 6.07) is 2.01. The summed E-state index contributed by atoms with van der Waals surface area (Å²) in [4.78, 5) is 18.4. The van der Waals surface area contributed by atoms with Crippen molar-refractivity contribution in [2.75, 3.05) is 19.7 Å². The molecule has 0 bridgehead atoms. The van der Waals surface area contributed by atoms with Crippen LogP contribution in [-0.2, 0) is 11.3 Å². The molecule has 1 aliphatic rings. The number of nitrogens with one attached hydrogen (secondary N) is 1. The fourth-order valence-corrected chi connectivity index (χ4v) is 2.55. The fourth-order valence-electron chi connectivity index (χ4n) is 2.55. The maximum absolute atomic E-state index is 5.87. The van der Waals surface area contributed by atoms with Crippen LogP contribution < -0.4 is 0 Å². The van der Waals surface area contributed by atoms with Gasteiger partial charge in [0.1, 0.15) is 11.9 Å². The highest BCUT2D eigenvalue weighted by atomic mass is 16.5. The zero-order valence-corrected chi connectivity index (χ0v) is 11.8. The van der Waals surface area contributed by atoms with Crippen LogP contribution in [0.5, 0.6) is 0 Å². The molecule has 3 heterocycles. The lowest BCUT2D eigenvalue weighted by Crippen LogP contribution is -2.38. The van der Waals surface area contributed by atoms with Gasteiger partial charge in [0.25, 0.3) is 0 Å². The number of hydrogen-bond acceptors (Lipinski definition) is 5. The van der Waals surface area contributed by atoms with Gasteiger partial charge < -0.3 is 9.72 Å². The van der Waals surface area contributed by atoms with Gasteiger partial charge in [-0.1, -0.05) is 0 Å². The van der Waals surface area contributed by atoms with Gasteiger partial charge in [-0.15, -0.1) is 0 Å². The summed E-state index contributed by atoms with van der Waals surface area (Å²) in [5.74, 6) is 0.800. The highest BCUT2D eigenvalue weighted by Crippen LogP contribution is 2.22. The number of aryl methyl sites for hydroxylation is 2. The third-order valence-electron chi connectivity index (χ3n) is 3.42. The SMILES string of the molecule is Cc1cc([C@@H]2CN(Cc3cnc[nH]3)CCO2)nc(C)n1. The van der Waals surface area contributed by atoms with Gasteiger partial charge in [-0.25, -0.2) is 15.0 Å². The molecule has 3 rings (SSSR count). The summed E-state index contributed by atoms with van der Waals surface area (Å²) in [6.45, 7) is 7.27. The van der Waals surface area contributed by atoms with Crippen LogP contribution in [0.25, 0.3) is 0 Å². The quantitative estimate of drug-likeness (QED) is 0.915. The van der Waals surface area contributed by atoms with Crippen molar-refractivity contribution >= 4 is 0 Å². The van der Waals surface area contributed by atoms with Crippen molar-refractivity contribution in [3.63, 3.8) is 0 Å². The van der Waals surface area contributed by atoms with E-state index >= 15 is 0 Å². The van der Waals surface area contributed by atoms with Crippen LogP contribution in [0.1, 0.15) is 29.0 Å². The van der Waals surface area contributed by atoms with Crippen molar-refractivity contribution in [1.29, 1.82) is 0 Å². The Morgan fingerprint density at radius 3 is 3.05 bits per heavy atom. The Labute approximate surface area is 118 Å². The summed E-state index contributed by atoms with van der Waals surface area (Å²) in [7, 11) is 0. The number of H-pyrrole nitrogens is 1. The molecule has 1 saturated heterocycles. The molecule has 0 aliphatic carbocycles. The van der Waals surface area contributed by atoms with E-state index < -0.39 is 0 Å². The summed E-state index contributed by atoms with van der Waals surface area (Å²) in [5, 5.41) is 0. The van der Waals surface area contributed by atoms with Crippen LogP contribution in [0.2, 0.25) is 0 Å². The van der Waals surface area contributed by atoms with E-state index in [1.165, 1.54) is 0 Å². The lowest BCUT2D eigenvalue weighted by Gasteiger charge is -2.32. The fraction of sp³-hybridized carbons (Fsp3) is 0.500. The van der Waals surface area contributed by atoms with Gasteiger partial charge in [0.2, 0.25) is 0 Å². The first-order chi connectivity index (χ1) is 9.70. The van der Waals surface area contributed by atoms with Gasteiger partial charge in [0.15, 0.2) is 0 Å². The number of hydrogen-bond donors (Lipinski definition) is 1. The first-order valence-electron chi connectivity index (χ1n) is 6.84. The molecular weight excluding hydrogens is 254 g/mol. The number of imidazole rings is 1. The van der Waals surface area contributed by atoms with Crippen LogP contribution in [0.3, 0.4) is 0 Å². The van der Waals surface area contributed by atoms with E-state index in [9.17, 15) is 0 Å². The van der Waals surface area contributed by atoms with E-state index in [0.717, 1.165) is 49.1 Å². The number of rotatable bonds is 3. The highest BCUT2D eigenvalue weighted by Gasteiger charge is 2.23. The molecule has 6 heteroatoms. The van der Waals surface area contributed by atoms with Gasteiger partial charge in [-0.3, -0.25) is 4.90 Å². The molecule has 2 aromatic heterocycles. The second-order valence-corrected chi connectivity index (χ2v) is 5.15. The molecule has 0 spiro atoms. The Bertz CT molecular complexity index is 549. The Morgan fingerprint density at radius 1 is 1.40 bits per heavy atom. The molecule has 6 nitrogen and oxygen atoms in total. The largest absolute Gasteiger partial charge is 0.369 e. The number of ether oxygens (including phenoxy) is 1. The van der Waals surface area contributed by atoms with Crippen molar-refractivity contribution in [3.05, 3.63) is 41.5 Å². The molecule has 2 aromatic rings. The molecule has 20 heavy (non-hydrogen) atoms. The minimum atomic E-state index is 0.0204. The number of aromatic amines is 1. The molecule has 1 atom stereocenters. The molecule has 0 saturated carbocycles. The average Bonchev–Trinajstić information content (AvgIpc) is 2.91. The second-order valence-electron chi connectivity index (χ2n) is 5.15. The van der Waals surface area contributed by atoms with Crippen molar-refractivity contribution in [1.82, 2.24) is 24.8 Å². The average molecular weight is 273 g/mol. The number of nitrogens with zero attached hydrogens (tertiary/aromatic N) is 4. The third kappa shape index (κ3) is 3.02. The van der Waals surface area contributed by atoms with Crippen LogP contribution in [0, 0.1) is 13.8 Å². The monoisotopic (exact) mass is 273 g/mol. The Morgan fingerprint density at radius 2 is 2.30 bits per heavy atom. The molecule has 0 radical (unpaired) electrons. The molecule has 106 valence electrons. The zero-order valence-electron chi connectivity index (χ0n) is 11.8. The molecule has 1 N–H and O–H groups in total. The molecule has 1 fully saturated rings. The van der Waals surface area contributed by atoms with Crippen molar-refractivity contribution in [2.45, 2.75) is 26.5 Å². The number of aromatic nitrogens is 4. The van der Waals surface area contributed by atoms with Crippen LogP contribution in [0.4, 0.5) is 0 Å².